The molecule has 1 heterocycles. The quantitative estimate of drug-likeness (QED) is 0.601. The molecule has 1 aromatic heterocycles. The summed E-state index contributed by atoms with van der Waals surface area (Å²) >= 11 is 7.44. The molecule has 3 rings (SSSR count). The van der Waals surface area contributed by atoms with E-state index in [-0.39, 0.29) is 17.2 Å². The van der Waals surface area contributed by atoms with Crippen molar-refractivity contribution in [2.45, 2.75) is 6.54 Å². The second kappa shape index (κ2) is 7.85. The summed E-state index contributed by atoms with van der Waals surface area (Å²) in [7, 11) is 1.52. The van der Waals surface area contributed by atoms with Crippen LogP contribution < -0.4 is 0 Å². The molecule has 0 aliphatic rings. The third-order valence-electron chi connectivity index (χ3n) is 3.84. The third-order valence-corrected chi connectivity index (χ3v) is 5.49. The summed E-state index contributed by atoms with van der Waals surface area (Å²) in [6, 6.07) is 13.6. The molecule has 0 bridgehead atoms. The van der Waals surface area contributed by atoms with E-state index < -0.39 is 18.5 Å². The minimum atomic E-state index is -0.649. The van der Waals surface area contributed by atoms with E-state index in [0.29, 0.717) is 10.6 Å². The van der Waals surface area contributed by atoms with Gasteiger partial charge in [0.05, 0.1) is 5.02 Å². The highest BCUT2D eigenvalue weighted by molar-refractivity contribution is 7.21. The first-order valence-corrected chi connectivity index (χ1v) is 8.98. The molecule has 7 heteroatoms. The highest BCUT2D eigenvalue weighted by Gasteiger charge is 2.20. The summed E-state index contributed by atoms with van der Waals surface area (Å²) in [6.45, 7) is -0.346. The molecule has 0 spiro atoms. The van der Waals surface area contributed by atoms with Crippen LogP contribution in [0.2, 0.25) is 5.02 Å². The van der Waals surface area contributed by atoms with Crippen molar-refractivity contribution in [1.82, 2.24) is 4.90 Å². The van der Waals surface area contributed by atoms with Crippen LogP contribution in [0.5, 0.6) is 0 Å². The summed E-state index contributed by atoms with van der Waals surface area (Å²) < 4.78 is 19.6. The largest absolute Gasteiger partial charge is 0.451 e. The van der Waals surface area contributed by atoms with Crippen LogP contribution in [0.15, 0.2) is 48.5 Å². The Hall–Kier alpha value is -2.44. The van der Waals surface area contributed by atoms with Crippen LogP contribution in [-0.4, -0.2) is 30.4 Å². The Bertz CT molecular complexity index is 972. The van der Waals surface area contributed by atoms with Gasteiger partial charge in [-0.05, 0) is 12.1 Å². The fraction of sp³-hybridized carbons (Fsp3) is 0.158. The van der Waals surface area contributed by atoms with E-state index in [2.05, 4.69) is 0 Å². The van der Waals surface area contributed by atoms with Crippen LogP contribution in [0, 0.1) is 5.82 Å². The zero-order valence-electron chi connectivity index (χ0n) is 13.9. The Labute approximate surface area is 158 Å². The number of rotatable bonds is 5. The number of hydrogen-bond donors (Lipinski definition) is 0. The van der Waals surface area contributed by atoms with Gasteiger partial charge in [0.2, 0.25) is 0 Å². The maximum Gasteiger partial charge on any atom is 0.350 e. The average Bonchev–Trinajstić information content (AvgIpc) is 2.98. The van der Waals surface area contributed by atoms with E-state index in [1.165, 1.54) is 29.4 Å². The van der Waals surface area contributed by atoms with Gasteiger partial charge >= 0.3 is 5.97 Å². The Morgan fingerprint density at radius 1 is 1.15 bits per heavy atom. The molecular weight excluding hydrogens is 377 g/mol. The molecule has 1 amide bonds. The lowest BCUT2D eigenvalue weighted by Gasteiger charge is -2.17. The van der Waals surface area contributed by atoms with Gasteiger partial charge in [0.15, 0.2) is 6.61 Å². The lowest BCUT2D eigenvalue weighted by Crippen LogP contribution is -2.31. The van der Waals surface area contributed by atoms with E-state index in [1.54, 1.807) is 18.2 Å². The van der Waals surface area contributed by atoms with Crippen molar-refractivity contribution in [3.05, 3.63) is 69.8 Å². The van der Waals surface area contributed by atoms with Gasteiger partial charge in [0, 0.05) is 29.2 Å². The monoisotopic (exact) mass is 391 g/mol. The van der Waals surface area contributed by atoms with Gasteiger partial charge in [-0.1, -0.05) is 48.0 Å². The summed E-state index contributed by atoms with van der Waals surface area (Å²) in [4.78, 5) is 26.0. The van der Waals surface area contributed by atoms with Gasteiger partial charge in [0.25, 0.3) is 5.91 Å². The first-order valence-electron chi connectivity index (χ1n) is 7.79. The Balaban J connectivity index is 1.62. The van der Waals surface area contributed by atoms with Gasteiger partial charge in [0.1, 0.15) is 10.7 Å². The molecule has 0 unspecified atom stereocenters. The van der Waals surface area contributed by atoms with E-state index in [4.69, 9.17) is 16.3 Å². The maximum atomic E-state index is 13.7. The molecule has 3 aromatic rings. The van der Waals surface area contributed by atoms with Crippen molar-refractivity contribution >= 4 is 44.9 Å². The minimum absolute atomic E-state index is 0.0900. The summed E-state index contributed by atoms with van der Waals surface area (Å²) in [5.41, 5.74) is 0.391. The summed E-state index contributed by atoms with van der Waals surface area (Å²) in [5, 5.41) is 1.09. The number of thiophene rings is 1. The number of esters is 1. The van der Waals surface area contributed by atoms with Crippen LogP contribution in [0.25, 0.3) is 10.1 Å². The van der Waals surface area contributed by atoms with Crippen molar-refractivity contribution < 1.29 is 18.7 Å². The topological polar surface area (TPSA) is 46.6 Å². The molecule has 0 saturated heterocycles. The van der Waals surface area contributed by atoms with E-state index >= 15 is 0 Å². The van der Waals surface area contributed by atoms with Crippen molar-refractivity contribution in [2.24, 2.45) is 0 Å². The van der Waals surface area contributed by atoms with Crippen LogP contribution in [0.3, 0.4) is 0 Å². The fourth-order valence-corrected chi connectivity index (χ4v) is 3.82. The first-order chi connectivity index (χ1) is 12.5. The number of halogens is 2. The SMILES string of the molecule is CN(Cc1ccccc1F)C(=O)COC(=O)c1sc2ccccc2c1Cl. The molecule has 0 N–H and O–H groups in total. The molecule has 0 radical (unpaired) electrons. The average molecular weight is 392 g/mol. The van der Waals surface area contributed by atoms with Crippen molar-refractivity contribution in [3.63, 3.8) is 0 Å². The number of amides is 1. The molecule has 0 aliphatic heterocycles. The molecule has 0 aliphatic carbocycles. The van der Waals surface area contributed by atoms with Gasteiger partial charge < -0.3 is 9.64 Å². The molecule has 26 heavy (non-hydrogen) atoms. The predicted octanol–water partition coefficient (Wildman–Crippen LogP) is 4.51. The highest BCUT2D eigenvalue weighted by Crippen LogP contribution is 2.35. The standard InChI is InChI=1S/C19H15ClFNO3S/c1-22(10-12-6-2-4-8-14(12)21)16(23)11-25-19(24)18-17(20)13-7-3-5-9-15(13)26-18/h2-9H,10-11H2,1H3. The van der Waals surface area contributed by atoms with Gasteiger partial charge in [-0.3, -0.25) is 4.79 Å². The molecule has 134 valence electrons. The molecule has 0 saturated carbocycles. The summed E-state index contributed by atoms with van der Waals surface area (Å²) in [5.74, 6) is -1.47. The lowest BCUT2D eigenvalue weighted by atomic mass is 10.2. The van der Waals surface area contributed by atoms with Crippen LogP contribution in [0.1, 0.15) is 15.2 Å². The second-order valence-electron chi connectivity index (χ2n) is 5.66. The molecule has 2 aromatic carbocycles. The molecule has 4 nitrogen and oxygen atoms in total. The van der Waals surface area contributed by atoms with Crippen molar-refractivity contribution in [1.29, 1.82) is 0 Å². The molecular formula is C19H15ClFNO3S. The normalized spacial score (nSPS) is 10.7. The second-order valence-corrected chi connectivity index (χ2v) is 7.09. The van der Waals surface area contributed by atoms with Crippen molar-refractivity contribution in [3.8, 4) is 0 Å². The van der Waals surface area contributed by atoms with Gasteiger partial charge in [-0.15, -0.1) is 11.3 Å². The lowest BCUT2D eigenvalue weighted by molar-refractivity contribution is -0.133. The smallest absolute Gasteiger partial charge is 0.350 e. The molecule has 0 atom stereocenters. The fourth-order valence-electron chi connectivity index (χ4n) is 2.42. The number of benzene rings is 2. The Morgan fingerprint density at radius 2 is 1.85 bits per heavy atom. The van der Waals surface area contributed by atoms with Gasteiger partial charge in [-0.2, -0.15) is 0 Å². The molecule has 0 fully saturated rings. The first kappa shape index (κ1) is 18.4. The number of ether oxygens (including phenoxy) is 1. The predicted molar refractivity (Wildman–Crippen MR) is 100.0 cm³/mol. The maximum absolute atomic E-state index is 13.7. The van der Waals surface area contributed by atoms with Crippen LogP contribution in [-0.2, 0) is 16.1 Å². The zero-order chi connectivity index (χ0) is 18.7. The number of likely N-dealkylation sites (N-methyl/N-ethyl adjacent to an activating group) is 1. The Kier molecular flexibility index (Phi) is 5.54. The van der Waals surface area contributed by atoms with Crippen molar-refractivity contribution in [2.75, 3.05) is 13.7 Å². The number of fused-ring (bicyclic) bond motifs is 1. The van der Waals surface area contributed by atoms with E-state index in [0.717, 1.165) is 10.1 Å². The minimum Gasteiger partial charge on any atom is -0.451 e. The number of carbonyl (C=O) groups is 2. The van der Waals surface area contributed by atoms with E-state index in [1.807, 2.05) is 24.3 Å². The summed E-state index contributed by atoms with van der Waals surface area (Å²) in [6.07, 6.45) is 0. The highest BCUT2D eigenvalue weighted by atomic mass is 35.5. The van der Waals surface area contributed by atoms with Gasteiger partial charge in [-0.25, -0.2) is 9.18 Å². The zero-order valence-corrected chi connectivity index (χ0v) is 15.4. The van der Waals surface area contributed by atoms with Crippen LogP contribution in [0.4, 0.5) is 4.39 Å². The number of hydrogen-bond acceptors (Lipinski definition) is 4. The Morgan fingerprint density at radius 3 is 2.58 bits per heavy atom. The van der Waals surface area contributed by atoms with E-state index in [9.17, 15) is 14.0 Å². The van der Waals surface area contributed by atoms with Crippen LogP contribution >= 0.6 is 22.9 Å². The third kappa shape index (κ3) is 3.86. The number of carbonyl (C=O) groups excluding carboxylic acids is 2. The number of nitrogens with zero attached hydrogens (tertiary/aromatic N) is 1.